The van der Waals surface area contributed by atoms with Crippen LogP contribution in [0.15, 0.2) is 18.2 Å². The summed E-state index contributed by atoms with van der Waals surface area (Å²) in [5.74, 6) is -0.243. The molecule has 8 heteroatoms. The normalized spacial score (nSPS) is 11.5. The van der Waals surface area contributed by atoms with Gasteiger partial charge in [0.05, 0.1) is 25.9 Å². The molecule has 2 amide bonds. The van der Waals surface area contributed by atoms with E-state index in [1.54, 1.807) is 6.07 Å². The molecule has 1 N–H and O–H groups in total. The molecule has 1 aromatic rings. The predicted molar refractivity (Wildman–Crippen MR) is 93.4 cm³/mol. The Morgan fingerprint density at radius 2 is 1.77 bits per heavy atom. The van der Waals surface area contributed by atoms with E-state index in [4.69, 9.17) is 14.2 Å². The Hall–Kier alpha value is -2.77. The molecule has 0 aliphatic rings. The van der Waals surface area contributed by atoms with Crippen LogP contribution >= 0.6 is 0 Å². The molecule has 0 aromatic heterocycles. The molecular weight excluding hydrogens is 342 g/mol. The maximum Gasteiger partial charge on any atom is 0.413 e. The van der Waals surface area contributed by atoms with Crippen LogP contribution in [-0.2, 0) is 14.3 Å². The van der Waals surface area contributed by atoms with Crippen LogP contribution in [-0.4, -0.2) is 44.4 Å². The number of methoxy groups -OCH3 is 1. The fourth-order valence-electron chi connectivity index (χ4n) is 1.81. The first-order chi connectivity index (χ1) is 12.3. The van der Waals surface area contributed by atoms with Gasteiger partial charge in [-0.15, -0.1) is 0 Å². The molecule has 26 heavy (non-hydrogen) atoms. The lowest BCUT2D eigenvalue weighted by molar-refractivity contribution is -0.128. The van der Waals surface area contributed by atoms with Crippen LogP contribution in [0.2, 0.25) is 0 Å². The van der Waals surface area contributed by atoms with Crippen molar-refractivity contribution in [1.29, 1.82) is 0 Å². The van der Waals surface area contributed by atoms with E-state index in [2.05, 4.69) is 4.74 Å². The van der Waals surface area contributed by atoms with Gasteiger partial charge < -0.3 is 18.9 Å². The molecule has 0 aliphatic heterocycles. The Kier molecular flexibility index (Phi) is 8.41. The highest BCUT2D eigenvalue weighted by atomic mass is 16.6. The number of nitrogens with one attached hydrogen (secondary N) is 1. The van der Waals surface area contributed by atoms with Crippen LogP contribution in [0.25, 0.3) is 0 Å². The minimum atomic E-state index is -1.17. The summed E-state index contributed by atoms with van der Waals surface area (Å²) in [5.41, 5.74) is 0.197. The van der Waals surface area contributed by atoms with Gasteiger partial charge in [0, 0.05) is 0 Å². The van der Waals surface area contributed by atoms with Gasteiger partial charge in [-0.2, -0.15) is 0 Å². The maximum absolute atomic E-state index is 12.2. The number of esters is 1. The SMILES string of the molecule is CCOc1cc(C(=O)O[C@@H](C)C(=O)NC(=O)OC)ccc1OCC(C)C. The van der Waals surface area contributed by atoms with E-state index in [1.807, 2.05) is 26.1 Å². The quantitative estimate of drug-likeness (QED) is 0.705. The molecular formula is C18H25NO7. The second-order valence-corrected chi connectivity index (χ2v) is 5.83. The molecule has 0 heterocycles. The van der Waals surface area contributed by atoms with Gasteiger partial charge in [0.25, 0.3) is 5.91 Å². The van der Waals surface area contributed by atoms with Gasteiger partial charge in [-0.1, -0.05) is 13.8 Å². The average molecular weight is 367 g/mol. The summed E-state index contributed by atoms with van der Waals surface area (Å²) in [7, 11) is 1.12. The number of hydrogen-bond donors (Lipinski definition) is 1. The van der Waals surface area contributed by atoms with Crippen molar-refractivity contribution >= 4 is 18.0 Å². The maximum atomic E-state index is 12.2. The van der Waals surface area contributed by atoms with Gasteiger partial charge in [0.1, 0.15) is 0 Å². The number of ether oxygens (including phenoxy) is 4. The summed E-state index contributed by atoms with van der Waals surface area (Å²) in [5, 5.41) is 1.93. The van der Waals surface area contributed by atoms with E-state index >= 15 is 0 Å². The zero-order chi connectivity index (χ0) is 19.7. The largest absolute Gasteiger partial charge is 0.490 e. The van der Waals surface area contributed by atoms with Crippen LogP contribution in [0.5, 0.6) is 11.5 Å². The number of amides is 2. The molecule has 0 fully saturated rings. The lowest BCUT2D eigenvalue weighted by atomic mass is 10.2. The summed E-state index contributed by atoms with van der Waals surface area (Å²) in [6, 6.07) is 4.63. The number of hydrogen-bond acceptors (Lipinski definition) is 7. The number of rotatable bonds is 8. The van der Waals surface area contributed by atoms with Crippen LogP contribution in [0, 0.1) is 5.92 Å². The first-order valence-electron chi connectivity index (χ1n) is 8.27. The predicted octanol–water partition coefficient (Wildman–Crippen LogP) is 2.55. The minimum Gasteiger partial charge on any atom is -0.490 e. The summed E-state index contributed by atoms with van der Waals surface area (Å²) in [6.45, 7) is 8.11. The highest BCUT2D eigenvalue weighted by Gasteiger charge is 2.22. The van der Waals surface area contributed by atoms with Crippen molar-refractivity contribution in [3.63, 3.8) is 0 Å². The fourth-order valence-corrected chi connectivity index (χ4v) is 1.81. The van der Waals surface area contributed by atoms with E-state index in [0.717, 1.165) is 7.11 Å². The van der Waals surface area contributed by atoms with Crippen LogP contribution in [0.4, 0.5) is 4.79 Å². The number of carbonyl (C=O) groups excluding carboxylic acids is 3. The van der Waals surface area contributed by atoms with Crippen molar-refractivity contribution in [2.75, 3.05) is 20.3 Å². The average Bonchev–Trinajstić information content (AvgIpc) is 2.60. The Balaban J connectivity index is 2.83. The third-order valence-electron chi connectivity index (χ3n) is 3.12. The molecule has 1 atom stereocenters. The monoisotopic (exact) mass is 367 g/mol. The molecule has 144 valence electrons. The molecule has 0 saturated carbocycles. The fraction of sp³-hybridized carbons (Fsp3) is 0.500. The van der Waals surface area contributed by atoms with Crippen molar-refractivity contribution in [2.24, 2.45) is 5.92 Å². The van der Waals surface area contributed by atoms with Gasteiger partial charge in [-0.25, -0.2) is 9.59 Å². The molecule has 0 spiro atoms. The van der Waals surface area contributed by atoms with Crippen molar-refractivity contribution in [3.05, 3.63) is 23.8 Å². The molecule has 0 radical (unpaired) electrons. The highest BCUT2D eigenvalue weighted by molar-refractivity contribution is 5.97. The van der Waals surface area contributed by atoms with Crippen molar-refractivity contribution in [1.82, 2.24) is 5.32 Å². The first kappa shape index (κ1) is 21.3. The van der Waals surface area contributed by atoms with Gasteiger partial charge in [0.15, 0.2) is 17.6 Å². The van der Waals surface area contributed by atoms with Crippen LogP contribution in [0.1, 0.15) is 38.1 Å². The second-order valence-electron chi connectivity index (χ2n) is 5.83. The smallest absolute Gasteiger partial charge is 0.413 e. The number of imide groups is 1. The molecule has 0 aliphatic carbocycles. The standard InChI is InChI=1S/C18H25NO7/c1-6-24-15-9-13(7-8-14(15)25-10-11(2)3)17(21)26-12(4)16(20)19-18(22)23-5/h7-9,11-12H,6,10H2,1-5H3,(H,19,20,22)/t12-/m0/s1. The Morgan fingerprint density at radius 1 is 1.08 bits per heavy atom. The molecule has 8 nitrogen and oxygen atoms in total. The molecule has 0 unspecified atom stereocenters. The van der Waals surface area contributed by atoms with E-state index in [-0.39, 0.29) is 5.56 Å². The zero-order valence-electron chi connectivity index (χ0n) is 15.7. The second kappa shape index (κ2) is 10.3. The molecule has 0 saturated heterocycles. The zero-order valence-corrected chi connectivity index (χ0v) is 15.7. The van der Waals surface area contributed by atoms with Gasteiger partial charge in [0.2, 0.25) is 0 Å². The van der Waals surface area contributed by atoms with Gasteiger partial charge >= 0.3 is 12.1 Å². The van der Waals surface area contributed by atoms with Crippen LogP contribution in [0.3, 0.4) is 0 Å². The topological polar surface area (TPSA) is 100 Å². The van der Waals surface area contributed by atoms with E-state index in [1.165, 1.54) is 19.1 Å². The molecule has 1 aromatic carbocycles. The van der Waals surface area contributed by atoms with Gasteiger partial charge in [-0.3, -0.25) is 10.1 Å². The van der Waals surface area contributed by atoms with E-state index < -0.39 is 24.1 Å². The van der Waals surface area contributed by atoms with Crippen molar-refractivity contribution < 1.29 is 33.3 Å². The lowest BCUT2D eigenvalue weighted by Gasteiger charge is -2.15. The number of benzene rings is 1. The Morgan fingerprint density at radius 3 is 2.35 bits per heavy atom. The third kappa shape index (κ3) is 6.62. The Labute approximate surface area is 152 Å². The van der Waals surface area contributed by atoms with Crippen LogP contribution < -0.4 is 14.8 Å². The van der Waals surface area contributed by atoms with E-state index in [9.17, 15) is 14.4 Å². The third-order valence-corrected chi connectivity index (χ3v) is 3.12. The number of carbonyl (C=O) groups is 3. The van der Waals surface area contributed by atoms with Crippen molar-refractivity contribution in [3.8, 4) is 11.5 Å². The minimum absolute atomic E-state index is 0.197. The first-order valence-corrected chi connectivity index (χ1v) is 8.27. The summed E-state index contributed by atoms with van der Waals surface area (Å²) in [4.78, 5) is 35.0. The molecule has 1 rings (SSSR count). The highest BCUT2D eigenvalue weighted by Crippen LogP contribution is 2.29. The van der Waals surface area contributed by atoms with Crippen molar-refractivity contribution in [2.45, 2.75) is 33.8 Å². The van der Waals surface area contributed by atoms with E-state index in [0.29, 0.717) is 30.6 Å². The summed E-state index contributed by atoms with van der Waals surface area (Å²) in [6.07, 6.45) is -2.10. The Bertz CT molecular complexity index is 642. The lowest BCUT2D eigenvalue weighted by Crippen LogP contribution is -2.39. The number of alkyl carbamates (subject to hydrolysis) is 1. The summed E-state index contributed by atoms with van der Waals surface area (Å²) < 4.78 is 20.5. The molecule has 0 bridgehead atoms. The summed E-state index contributed by atoms with van der Waals surface area (Å²) >= 11 is 0. The van der Waals surface area contributed by atoms with Gasteiger partial charge in [-0.05, 0) is 38.0 Å².